The Morgan fingerprint density at radius 1 is 1.15 bits per heavy atom. The smallest absolute Gasteiger partial charge is 0.355 e. The maximum absolute atomic E-state index is 12.5. The van der Waals surface area contributed by atoms with Gasteiger partial charge < -0.3 is 15.5 Å². The van der Waals surface area contributed by atoms with E-state index in [4.69, 9.17) is 0 Å². The van der Waals surface area contributed by atoms with Crippen LogP contribution in [0.25, 0.3) is 0 Å². The summed E-state index contributed by atoms with van der Waals surface area (Å²) in [5.74, 6) is -0.900. The first kappa shape index (κ1) is 21.2. The van der Waals surface area contributed by atoms with Crippen LogP contribution < -0.4 is 10.6 Å². The van der Waals surface area contributed by atoms with Crippen LogP contribution in [0.3, 0.4) is 0 Å². The van der Waals surface area contributed by atoms with E-state index >= 15 is 0 Å². The molecule has 5 nitrogen and oxygen atoms in total. The van der Waals surface area contributed by atoms with Gasteiger partial charge >= 0.3 is 6.18 Å². The molecule has 0 saturated carbocycles. The number of likely N-dealkylation sites (tertiary alicyclic amines) is 1. The summed E-state index contributed by atoms with van der Waals surface area (Å²) >= 11 is 0. The molecule has 2 rings (SSSR count). The Hall–Kier alpha value is -2.09. The van der Waals surface area contributed by atoms with E-state index in [2.05, 4.69) is 22.5 Å². The number of benzene rings is 1. The maximum Gasteiger partial charge on any atom is 0.416 e. The van der Waals surface area contributed by atoms with Gasteiger partial charge in [-0.3, -0.25) is 9.59 Å². The number of halogens is 3. The molecule has 1 atom stereocenters. The van der Waals surface area contributed by atoms with Gasteiger partial charge in [0.05, 0.1) is 12.1 Å². The van der Waals surface area contributed by atoms with E-state index in [9.17, 15) is 22.8 Å². The minimum atomic E-state index is -4.44. The Labute approximate surface area is 157 Å². The molecule has 0 aliphatic carbocycles. The summed E-state index contributed by atoms with van der Waals surface area (Å²) in [7, 11) is 0. The number of rotatable bonds is 7. The summed E-state index contributed by atoms with van der Waals surface area (Å²) in [6, 6.07) is 4.45. The topological polar surface area (TPSA) is 61.4 Å². The van der Waals surface area contributed by atoms with Crippen LogP contribution in [-0.2, 0) is 11.0 Å². The highest BCUT2D eigenvalue weighted by Gasteiger charge is 2.30. The zero-order valence-corrected chi connectivity index (χ0v) is 15.4. The highest BCUT2D eigenvalue weighted by molar-refractivity contribution is 5.96. The zero-order chi connectivity index (χ0) is 19.9. The van der Waals surface area contributed by atoms with Gasteiger partial charge in [0.15, 0.2) is 0 Å². The summed E-state index contributed by atoms with van der Waals surface area (Å²) < 4.78 is 37.5. The van der Waals surface area contributed by atoms with E-state index in [0.717, 1.165) is 43.8 Å². The minimum Gasteiger partial charge on any atom is -0.355 e. The summed E-state index contributed by atoms with van der Waals surface area (Å²) in [5, 5.41) is 5.16. The van der Waals surface area contributed by atoms with E-state index in [1.165, 1.54) is 19.3 Å². The molecule has 0 bridgehead atoms. The highest BCUT2D eigenvalue weighted by Crippen LogP contribution is 2.29. The van der Waals surface area contributed by atoms with Crippen LogP contribution in [0.15, 0.2) is 24.3 Å². The molecule has 0 aromatic heterocycles. The predicted octanol–water partition coefficient (Wildman–Crippen LogP) is 2.82. The van der Waals surface area contributed by atoms with Gasteiger partial charge in [-0.05, 0) is 57.0 Å². The Morgan fingerprint density at radius 2 is 1.85 bits per heavy atom. The zero-order valence-electron chi connectivity index (χ0n) is 15.4. The molecule has 1 saturated heterocycles. The number of nitrogens with zero attached hydrogens (tertiary/aromatic N) is 1. The third kappa shape index (κ3) is 6.86. The lowest BCUT2D eigenvalue weighted by Gasteiger charge is -2.33. The standard InChI is InChI=1S/C19H26F3N3O2/c1-14-5-2-3-11-25(14)12-4-10-23-17(26)13-24-18(27)15-6-8-16(9-7-15)19(20,21)22/h6-9,14H,2-5,10-13H2,1H3,(H,23,26)(H,24,27)/t14-/m1/s1. The average Bonchev–Trinajstić information content (AvgIpc) is 2.64. The number of piperidine rings is 1. The second-order valence-electron chi connectivity index (χ2n) is 6.84. The molecule has 1 heterocycles. The van der Waals surface area contributed by atoms with Crippen LogP contribution in [0, 0.1) is 0 Å². The number of amides is 2. The first-order chi connectivity index (χ1) is 12.8. The third-order valence-corrected chi connectivity index (χ3v) is 4.77. The van der Waals surface area contributed by atoms with Crippen molar-refractivity contribution in [2.45, 2.75) is 44.8 Å². The van der Waals surface area contributed by atoms with E-state index < -0.39 is 17.6 Å². The Morgan fingerprint density at radius 3 is 2.48 bits per heavy atom. The molecule has 0 radical (unpaired) electrons. The first-order valence-electron chi connectivity index (χ1n) is 9.23. The van der Waals surface area contributed by atoms with E-state index in [0.29, 0.717) is 12.6 Å². The van der Waals surface area contributed by atoms with Crippen molar-refractivity contribution in [1.29, 1.82) is 0 Å². The van der Waals surface area contributed by atoms with Crippen molar-refractivity contribution in [3.8, 4) is 0 Å². The molecule has 1 aromatic carbocycles. The van der Waals surface area contributed by atoms with Crippen LogP contribution in [0.4, 0.5) is 13.2 Å². The van der Waals surface area contributed by atoms with Crippen LogP contribution in [0.2, 0.25) is 0 Å². The molecule has 1 aliphatic rings. The van der Waals surface area contributed by atoms with Gasteiger partial charge in [-0.25, -0.2) is 0 Å². The molecule has 150 valence electrons. The van der Waals surface area contributed by atoms with Gasteiger partial charge in [0, 0.05) is 24.7 Å². The predicted molar refractivity (Wildman–Crippen MR) is 96.3 cm³/mol. The number of alkyl halides is 3. The number of carbonyl (C=O) groups excluding carboxylic acids is 2. The molecule has 0 unspecified atom stereocenters. The molecular weight excluding hydrogens is 359 g/mol. The minimum absolute atomic E-state index is 0.0786. The van der Waals surface area contributed by atoms with Crippen LogP contribution >= 0.6 is 0 Å². The lowest BCUT2D eigenvalue weighted by atomic mass is 10.0. The molecule has 1 aromatic rings. The van der Waals surface area contributed by atoms with Gasteiger partial charge in [-0.1, -0.05) is 6.42 Å². The summed E-state index contributed by atoms with van der Waals surface area (Å²) in [5.41, 5.74) is -0.741. The quantitative estimate of drug-likeness (QED) is 0.710. The Kier molecular flexibility index (Phi) is 7.65. The van der Waals surface area contributed by atoms with E-state index in [1.807, 2.05) is 0 Å². The van der Waals surface area contributed by atoms with Gasteiger partial charge in [0.2, 0.25) is 5.91 Å². The Bertz CT molecular complexity index is 632. The van der Waals surface area contributed by atoms with E-state index in [1.54, 1.807) is 0 Å². The van der Waals surface area contributed by atoms with Crippen LogP contribution in [0.5, 0.6) is 0 Å². The lowest BCUT2D eigenvalue weighted by molar-refractivity contribution is -0.137. The van der Waals surface area contributed by atoms with Gasteiger partial charge in [-0.2, -0.15) is 13.2 Å². The molecule has 2 N–H and O–H groups in total. The van der Waals surface area contributed by atoms with Crippen molar-refractivity contribution in [2.75, 3.05) is 26.2 Å². The fraction of sp³-hybridized carbons (Fsp3) is 0.579. The Balaban J connectivity index is 1.65. The van der Waals surface area contributed by atoms with E-state index in [-0.39, 0.29) is 18.0 Å². The number of hydrogen-bond acceptors (Lipinski definition) is 3. The van der Waals surface area contributed by atoms with Gasteiger partial charge in [0.25, 0.3) is 5.91 Å². The fourth-order valence-electron chi connectivity index (χ4n) is 3.14. The number of carbonyl (C=O) groups is 2. The maximum atomic E-state index is 12.5. The van der Waals surface area contributed by atoms with Crippen molar-refractivity contribution < 1.29 is 22.8 Å². The SMILES string of the molecule is C[C@@H]1CCCCN1CCCNC(=O)CNC(=O)c1ccc(C(F)(F)F)cc1. The first-order valence-corrected chi connectivity index (χ1v) is 9.23. The van der Waals surface area contributed by atoms with Gasteiger partial charge in [-0.15, -0.1) is 0 Å². The third-order valence-electron chi connectivity index (χ3n) is 4.77. The molecule has 1 fully saturated rings. The second-order valence-corrected chi connectivity index (χ2v) is 6.84. The largest absolute Gasteiger partial charge is 0.416 e. The number of hydrogen-bond donors (Lipinski definition) is 2. The van der Waals surface area contributed by atoms with Crippen molar-refractivity contribution in [3.05, 3.63) is 35.4 Å². The fourth-order valence-corrected chi connectivity index (χ4v) is 3.14. The highest BCUT2D eigenvalue weighted by atomic mass is 19.4. The molecule has 2 amide bonds. The second kappa shape index (κ2) is 9.73. The van der Waals surface area contributed by atoms with Crippen molar-refractivity contribution in [1.82, 2.24) is 15.5 Å². The van der Waals surface area contributed by atoms with Crippen LogP contribution in [0.1, 0.15) is 48.5 Å². The summed E-state index contributed by atoms with van der Waals surface area (Å²) in [6.45, 7) is 4.56. The molecule has 8 heteroatoms. The average molecular weight is 385 g/mol. The molecular formula is C19H26F3N3O2. The van der Waals surface area contributed by atoms with Crippen molar-refractivity contribution in [3.63, 3.8) is 0 Å². The summed E-state index contributed by atoms with van der Waals surface area (Å²) in [6.07, 6.45) is 0.0892. The summed E-state index contributed by atoms with van der Waals surface area (Å²) in [4.78, 5) is 26.1. The monoisotopic (exact) mass is 385 g/mol. The molecule has 0 spiro atoms. The van der Waals surface area contributed by atoms with Crippen molar-refractivity contribution in [2.24, 2.45) is 0 Å². The van der Waals surface area contributed by atoms with Crippen LogP contribution in [-0.4, -0.2) is 48.9 Å². The molecule has 27 heavy (non-hydrogen) atoms. The van der Waals surface area contributed by atoms with Gasteiger partial charge in [0.1, 0.15) is 0 Å². The normalized spacial score (nSPS) is 18.1. The number of nitrogens with one attached hydrogen (secondary N) is 2. The molecule has 1 aliphatic heterocycles. The van der Waals surface area contributed by atoms with Crippen molar-refractivity contribution >= 4 is 11.8 Å². The lowest BCUT2D eigenvalue weighted by Crippen LogP contribution is -2.40.